The molecule has 1 N–H and O–H groups in total. The zero-order valence-corrected chi connectivity index (χ0v) is 12.7. The quantitative estimate of drug-likeness (QED) is 0.920. The lowest BCUT2D eigenvalue weighted by Gasteiger charge is -2.34. The fraction of sp³-hybridized carbons (Fsp3) is 0.588. The lowest BCUT2D eigenvalue weighted by atomic mass is 9.96. The van der Waals surface area contributed by atoms with Crippen LogP contribution in [0.2, 0.25) is 0 Å². The third kappa shape index (κ3) is 2.97. The Bertz CT molecular complexity index is 497. The maximum Gasteiger partial charge on any atom is 0.256 e. The number of amides is 1. The number of hydrogen-bond donors (Lipinski definition) is 1. The van der Waals surface area contributed by atoms with Crippen LogP contribution in [0.5, 0.6) is 0 Å². The van der Waals surface area contributed by atoms with E-state index in [1.807, 2.05) is 23.1 Å². The highest BCUT2D eigenvalue weighted by Gasteiger charge is 2.34. The molecule has 21 heavy (non-hydrogen) atoms. The number of carbonyl (C=O) groups is 1. The predicted octanol–water partition coefficient (Wildman–Crippen LogP) is 1.90. The highest BCUT2D eigenvalue weighted by molar-refractivity contribution is 5.83. The van der Waals surface area contributed by atoms with Crippen LogP contribution >= 0.6 is 0 Å². The number of rotatable bonds is 4. The molecule has 4 nitrogen and oxygen atoms in total. The molecule has 1 aromatic rings. The van der Waals surface area contributed by atoms with Crippen LogP contribution in [-0.4, -0.2) is 43.1 Å². The minimum Gasteiger partial charge on any atom is -0.363 e. The topological polar surface area (TPSA) is 41.6 Å². The fourth-order valence-corrected chi connectivity index (χ4v) is 3.37. The number of hydrogen-bond acceptors (Lipinski definition) is 3. The van der Waals surface area contributed by atoms with Gasteiger partial charge in [-0.2, -0.15) is 0 Å². The summed E-state index contributed by atoms with van der Waals surface area (Å²) in [6.07, 6.45) is 2.51. The van der Waals surface area contributed by atoms with Crippen molar-refractivity contribution in [2.24, 2.45) is 0 Å². The van der Waals surface area contributed by atoms with Crippen LogP contribution in [-0.2, 0) is 16.0 Å². The van der Waals surface area contributed by atoms with Gasteiger partial charge in [0.05, 0.1) is 6.61 Å². The van der Waals surface area contributed by atoms with Crippen molar-refractivity contribution in [2.75, 3.05) is 26.2 Å². The number of ether oxygens (including phenoxy) is 1. The lowest BCUT2D eigenvalue weighted by molar-refractivity contribution is -0.147. The van der Waals surface area contributed by atoms with Crippen molar-refractivity contribution in [1.82, 2.24) is 10.2 Å². The second-order valence-corrected chi connectivity index (χ2v) is 5.88. The summed E-state index contributed by atoms with van der Waals surface area (Å²) in [6.45, 7) is 5.47. The van der Waals surface area contributed by atoms with Gasteiger partial charge in [0.15, 0.2) is 6.10 Å². The Hall–Kier alpha value is -1.39. The van der Waals surface area contributed by atoms with Crippen LogP contribution < -0.4 is 5.32 Å². The molecular weight excluding hydrogens is 264 g/mol. The first kappa shape index (κ1) is 14.5. The predicted molar refractivity (Wildman–Crippen MR) is 82.1 cm³/mol. The Morgan fingerprint density at radius 1 is 1.43 bits per heavy atom. The minimum absolute atomic E-state index is 0.137. The van der Waals surface area contributed by atoms with E-state index in [4.69, 9.17) is 4.74 Å². The Kier molecular flexibility index (Phi) is 4.56. The zero-order valence-electron chi connectivity index (χ0n) is 12.7. The molecule has 4 heteroatoms. The Labute approximate surface area is 126 Å². The molecule has 0 bridgehead atoms. The number of carbonyl (C=O) groups excluding carboxylic acids is 1. The molecule has 1 amide bonds. The van der Waals surface area contributed by atoms with Crippen molar-refractivity contribution in [2.45, 2.75) is 38.3 Å². The van der Waals surface area contributed by atoms with Gasteiger partial charge in [0.25, 0.3) is 5.91 Å². The summed E-state index contributed by atoms with van der Waals surface area (Å²) in [7, 11) is 0. The van der Waals surface area contributed by atoms with Crippen molar-refractivity contribution < 1.29 is 9.53 Å². The van der Waals surface area contributed by atoms with Crippen LogP contribution in [0.3, 0.4) is 0 Å². The first-order valence-corrected chi connectivity index (χ1v) is 8.02. The molecule has 1 fully saturated rings. The zero-order chi connectivity index (χ0) is 14.7. The van der Waals surface area contributed by atoms with Crippen LogP contribution in [0.1, 0.15) is 37.0 Å². The standard InChI is InChI=1S/C17H24N2O2/c1-2-10-19(14-7-9-18-12-14)17(20)16-15-6-4-3-5-13(15)8-11-21-16/h3-6,14,16,18H,2,7-12H2,1H3. The Balaban J connectivity index is 1.83. The molecule has 2 heterocycles. The molecule has 0 radical (unpaired) electrons. The van der Waals surface area contributed by atoms with Crippen LogP contribution in [0.15, 0.2) is 24.3 Å². The van der Waals surface area contributed by atoms with Crippen LogP contribution in [0.4, 0.5) is 0 Å². The molecule has 0 aromatic heterocycles. The minimum atomic E-state index is -0.415. The summed E-state index contributed by atoms with van der Waals surface area (Å²) in [5, 5.41) is 3.35. The molecule has 1 aromatic carbocycles. The highest BCUT2D eigenvalue weighted by Crippen LogP contribution is 2.29. The second-order valence-electron chi connectivity index (χ2n) is 5.88. The van der Waals surface area contributed by atoms with Gasteiger partial charge in [-0.05, 0) is 36.9 Å². The van der Waals surface area contributed by atoms with E-state index in [9.17, 15) is 4.79 Å². The summed E-state index contributed by atoms with van der Waals surface area (Å²) >= 11 is 0. The molecule has 1 saturated heterocycles. The van der Waals surface area contributed by atoms with E-state index in [1.54, 1.807) is 0 Å². The average molecular weight is 288 g/mol. The van der Waals surface area contributed by atoms with E-state index >= 15 is 0 Å². The van der Waals surface area contributed by atoms with Gasteiger partial charge in [0.1, 0.15) is 0 Å². The maximum atomic E-state index is 13.0. The third-order valence-corrected chi connectivity index (χ3v) is 4.44. The summed E-state index contributed by atoms with van der Waals surface area (Å²) in [5.74, 6) is 0.137. The first-order valence-electron chi connectivity index (χ1n) is 8.02. The smallest absolute Gasteiger partial charge is 0.256 e. The van der Waals surface area contributed by atoms with Crippen molar-refractivity contribution >= 4 is 5.91 Å². The number of nitrogens with one attached hydrogen (secondary N) is 1. The maximum absolute atomic E-state index is 13.0. The lowest BCUT2D eigenvalue weighted by Crippen LogP contribution is -2.45. The van der Waals surface area contributed by atoms with E-state index in [1.165, 1.54) is 5.56 Å². The molecule has 0 saturated carbocycles. The average Bonchev–Trinajstić information content (AvgIpc) is 3.05. The molecule has 0 aliphatic carbocycles. The molecular formula is C17H24N2O2. The molecule has 114 valence electrons. The number of nitrogens with zero attached hydrogens (tertiary/aromatic N) is 1. The Morgan fingerprint density at radius 3 is 3.05 bits per heavy atom. The highest BCUT2D eigenvalue weighted by atomic mass is 16.5. The van der Waals surface area contributed by atoms with Crippen LogP contribution in [0, 0.1) is 0 Å². The molecule has 2 aliphatic heterocycles. The van der Waals surface area contributed by atoms with E-state index in [-0.39, 0.29) is 5.91 Å². The number of fused-ring (bicyclic) bond motifs is 1. The van der Waals surface area contributed by atoms with E-state index in [0.717, 1.165) is 44.5 Å². The van der Waals surface area contributed by atoms with Gasteiger partial charge in [-0.3, -0.25) is 4.79 Å². The summed E-state index contributed by atoms with van der Waals surface area (Å²) in [5.41, 5.74) is 2.31. The van der Waals surface area contributed by atoms with Gasteiger partial charge in [-0.15, -0.1) is 0 Å². The fourth-order valence-electron chi connectivity index (χ4n) is 3.37. The van der Waals surface area contributed by atoms with E-state index in [0.29, 0.717) is 12.6 Å². The second kappa shape index (κ2) is 6.58. The monoisotopic (exact) mass is 288 g/mol. The normalized spacial score (nSPS) is 24.6. The first-order chi connectivity index (χ1) is 10.3. The van der Waals surface area contributed by atoms with Gasteiger partial charge in [-0.1, -0.05) is 31.2 Å². The van der Waals surface area contributed by atoms with Gasteiger partial charge >= 0.3 is 0 Å². The Morgan fingerprint density at radius 2 is 2.29 bits per heavy atom. The molecule has 3 rings (SSSR count). The van der Waals surface area contributed by atoms with Gasteiger partial charge in [0.2, 0.25) is 0 Å². The van der Waals surface area contributed by atoms with Crippen molar-refractivity contribution in [1.29, 1.82) is 0 Å². The summed E-state index contributed by atoms with van der Waals surface area (Å²) in [4.78, 5) is 15.0. The van der Waals surface area contributed by atoms with E-state index in [2.05, 4.69) is 18.3 Å². The van der Waals surface area contributed by atoms with Crippen LogP contribution in [0.25, 0.3) is 0 Å². The molecule has 2 unspecified atom stereocenters. The molecule has 0 spiro atoms. The van der Waals surface area contributed by atoms with Gasteiger partial charge < -0.3 is 15.0 Å². The third-order valence-electron chi connectivity index (χ3n) is 4.44. The van der Waals surface area contributed by atoms with Gasteiger partial charge in [0, 0.05) is 19.1 Å². The van der Waals surface area contributed by atoms with Crippen molar-refractivity contribution in [3.63, 3.8) is 0 Å². The largest absolute Gasteiger partial charge is 0.363 e. The van der Waals surface area contributed by atoms with E-state index < -0.39 is 6.10 Å². The molecule has 2 atom stereocenters. The van der Waals surface area contributed by atoms with Gasteiger partial charge in [-0.25, -0.2) is 0 Å². The summed E-state index contributed by atoms with van der Waals surface area (Å²) in [6, 6.07) is 8.49. The number of benzene rings is 1. The van der Waals surface area contributed by atoms with Crippen molar-refractivity contribution in [3.8, 4) is 0 Å². The SMILES string of the molecule is CCCN(C(=O)C1OCCc2ccccc21)C1CCNC1. The molecule has 2 aliphatic rings. The van der Waals surface area contributed by atoms with Crippen molar-refractivity contribution in [3.05, 3.63) is 35.4 Å². The summed E-state index contributed by atoms with van der Waals surface area (Å²) < 4.78 is 5.84.